The van der Waals surface area contributed by atoms with Crippen LogP contribution in [0.15, 0.2) is 35.3 Å². The van der Waals surface area contributed by atoms with Gasteiger partial charge in [-0.2, -0.15) is 5.10 Å². The van der Waals surface area contributed by atoms with Gasteiger partial charge in [0.05, 0.1) is 5.69 Å². The molecule has 0 fully saturated rings. The van der Waals surface area contributed by atoms with E-state index < -0.39 is 12.3 Å². The predicted molar refractivity (Wildman–Crippen MR) is 121 cm³/mol. The smallest absolute Gasteiger partial charge is 0.305 e. The fourth-order valence-corrected chi connectivity index (χ4v) is 3.20. The number of benzene rings is 1. The number of aliphatic imine (C=N–C) groups is 1. The van der Waals surface area contributed by atoms with E-state index in [1.807, 2.05) is 24.6 Å². The van der Waals surface area contributed by atoms with Crippen LogP contribution >= 0.6 is 0 Å². The molecule has 0 spiro atoms. The van der Waals surface area contributed by atoms with Gasteiger partial charge in [-0.25, -0.2) is 0 Å². The Labute approximate surface area is 179 Å². The molecule has 6 nitrogen and oxygen atoms in total. The lowest BCUT2D eigenvalue weighted by Crippen LogP contribution is -2.18. The molecule has 0 aliphatic rings. The van der Waals surface area contributed by atoms with Crippen molar-refractivity contribution >= 4 is 23.5 Å². The maximum absolute atomic E-state index is 11.4. The Morgan fingerprint density at radius 3 is 2.37 bits per heavy atom. The van der Waals surface area contributed by atoms with Gasteiger partial charge in [0.1, 0.15) is 5.69 Å². The number of ether oxygens (including phenoxy) is 2. The lowest BCUT2D eigenvalue weighted by molar-refractivity contribution is -0.161. The number of nitrogens with zero attached hydrogens (tertiary/aromatic N) is 3. The Morgan fingerprint density at radius 1 is 1.23 bits per heavy atom. The van der Waals surface area contributed by atoms with Crippen LogP contribution in [-0.2, 0) is 26.2 Å². The van der Waals surface area contributed by atoms with E-state index in [0.29, 0.717) is 12.3 Å². The molecule has 0 aliphatic carbocycles. The molecular formula is C24H33N3O3. The third-order valence-electron chi connectivity index (χ3n) is 4.61. The number of aromatic nitrogens is 2. The minimum atomic E-state index is -0.757. The van der Waals surface area contributed by atoms with Crippen LogP contribution in [0.1, 0.15) is 64.1 Å². The molecule has 0 N–H and O–H groups in total. The van der Waals surface area contributed by atoms with E-state index in [0.717, 1.165) is 22.5 Å². The SMILES string of the molecule is CCn1nc(C)cc1/C(OC(C)OC(C)=O)=C(\C=NC)c1ccc(C(C)(C)C)cc1. The summed E-state index contributed by atoms with van der Waals surface area (Å²) < 4.78 is 13.3. The lowest BCUT2D eigenvalue weighted by Gasteiger charge is -2.21. The van der Waals surface area contributed by atoms with Gasteiger partial charge in [0.2, 0.25) is 6.29 Å². The molecule has 1 aromatic heterocycles. The first kappa shape index (κ1) is 23.4. The first-order valence-corrected chi connectivity index (χ1v) is 10.2. The van der Waals surface area contributed by atoms with Crippen LogP contribution in [0.25, 0.3) is 11.3 Å². The third kappa shape index (κ3) is 5.81. The Bertz CT molecular complexity index is 932. The zero-order valence-corrected chi connectivity index (χ0v) is 19.3. The Kier molecular flexibility index (Phi) is 7.59. The number of allylic oxidation sites excluding steroid dienone is 1. The number of esters is 1. The largest absolute Gasteiger partial charge is 0.452 e. The van der Waals surface area contributed by atoms with Crippen molar-refractivity contribution in [3.05, 3.63) is 52.8 Å². The normalized spacial score (nSPS) is 13.9. The maximum Gasteiger partial charge on any atom is 0.305 e. The first-order chi connectivity index (χ1) is 14.1. The van der Waals surface area contributed by atoms with Crippen LogP contribution < -0.4 is 0 Å². The van der Waals surface area contributed by atoms with Crippen LogP contribution in [0.2, 0.25) is 0 Å². The highest BCUT2D eigenvalue weighted by atomic mass is 16.7. The minimum absolute atomic E-state index is 0.0579. The van der Waals surface area contributed by atoms with Crippen molar-refractivity contribution in [3.63, 3.8) is 0 Å². The molecule has 1 heterocycles. The summed E-state index contributed by atoms with van der Waals surface area (Å²) in [6, 6.07) is 10.3. The Hall–Kier alpha value is -2.89. The summed E-state index contributed by atoms with van der Waals surface area (Å²) >= 11 is 0. The molecular weight excluding hydrogens is 378 g/mol. The van der Waals surface area contributed by atoms with Crippen molar-refractivity contribution in [2.75, 3.05) is 7.05 Å². The summed E-state index contributed by atoms with van der Waals surface area (Å²) in [5, 5.41) is 4.55. The van der Waals surface area contributed by atoms with E-state index in [-0.39, 0.29) is 5.41 Å². The molecule has 0 saturated carbocycles. The van der Waals surface area contributed by atoms with Crippen molar-refractivity contribution in [2.45, 2.75) is 66.7 Å². The second kappa shape index (κ2) is 9.74. The molecule has 1 aromatic carbocycles. The molecule has 0 amide bonds. The molecule has 162 valence electrons. The molecule has 2 aromatic rings. The average Bonchev–Trinajstić information content (AvgIpc) is 3.04. The summed E-state index contributed by atoms with van der Waals surface area (Å²) in [5.41, 5.74) is 4.74. The standard InChI is InChI=1S/C24H33N3O3/c1-9-27-22(14-16(2)26-27)23(30-18(4)29-17(3)28)21(15-25-8)19-10-12-20(13-11-19)24(5,6)7/h10-15,18H,9H2,1-8H3/b23-21-,25-15?. The lowest BCUT2D eigenvalue weighted by atomic mass is 9.86. The van der Waals surface area contributed by atoms with E-state index in [1.54, 1.807) is 20.2 Å². The van der Waals surface area contributed by atoms with Crippen LogP contribution in [-0.4, -0.2) is 35.3 Å². The zero-order chi connectivity index (χ0) is 22.5. The van der Waals surface area contributed by atoms with Gasteiger partial charge in [0, 0.05) is 39.2 Å². The number of aryl methyl sites for hydroxylation is 2. The van der Waals surface area contributed by atoms with Gasteiger partial charge in [-0.1, -0.05) is 45.0 Å². The molecule has 0 aliphatic heterocycles. The third-order valence-corrected chi connectivity index (χ3v) is 4.61. The van der Waals surface area contributed by atoms with Gasteiger partial charge in [-0.05, 0) is 36.5 Å². The zero-order valence-electron chi connectivity index (χ0n) is 19.3. The summed E-state index contributed by atoms with van der Waals surface area (Å²) in [6.45, 7) is 14.3. The van der Waals surface area contributed by atoms with Crippen molar-refractivity contribution in [2.24, 2.45) is 4.99 Å². The number of hydrogen-bond donors (Lipinski definition) is 0. The molecule has 1 atom stereocenters. The van der Waals surface area contributed by atoms with Crippen molar-refractivity contribution in [1.82, 2.24) is 9.78 Å². The van der Waals surface area contributed by atoms with Crippen molar-refractivity contribution in [3.8, 4) is 0 Å². The van der Waals surface area contributed by atoms with E-state index >= 15 is 0 Å². The topological polar surface area (TPSA) is 65.7 Å². The Morgan fingerprint density at radius 2 is 1.87 bits per heavy atom. The first-order valence-electron chi connectivity index (χ1n) is 10.2. The highest BCUT2D eigenvalue weighted by Gasteiger charge is 2.21. The van der Waals surface area contributed by atoms with E-state index in [9.17, 15) is 4.79 Å². The van der Waals surface area contributed by atoms with E-state index in [4.69, 9.17) is 9.47 Å². The summed E-state index contributed by atoms with van der Waals surface area (Å²) in [5.74, 6) is 0.169. The van der Waals surface area contributed by atoms with Gasteiger partial charge in [0.15, 0.2) is 5.76 Å². The molecule has 1 unspecified atom stereocenters. The van der Waals surface area contributed by atoms with Gasteiger partial charge in [-0.3, -0.25) is 14.5 Å². The maximum atomic E-state index is 11.4. The molecule has 0 bridgehead atoms. The molecule has 0 radical (unpaired) electrons. The van der Waals surface area contributed by atoms with Crippen LogP contribution in [0, 0.1) is 6.92 Å². The number of rotatable bonds is 7. The second-order valence-electron chi connectivity index (χ2n) is 8.24. The Balaban J connectivity index is 2.68. The van der Waals surface area contributed by atoms with Gasteiger partial charge < -0.3 is 9.47 Å². The summed E-state index contributed by atoms with van der Waals surface area (Å²) in [7, 11) is 1.72. The van der Waals surface area contributed by atoms with Crippen LogP contribution in [0.3, 0.4) is 0 Å². The number of carbonyl (C=O) groups excluding carboxylic acids is 1. The fourth-order valence-electron chi connectivity index (χ4n) is 3.20. The van der Waals surface area contributed by atoms with E-state index in [2.05, 4.69) is 55.1 Å². The van der Waals surface area contributed by atoms with Gasteiger partial charge >= 0.3 is 5.97 Å². The monoisotopic (exact) mass is 411 g/mol. The number of hydrogen-bond acceptors (Lipinski definition) is 5. The van der Waals surface area contributed by atoms with E-state index in [1.165, 1.54) is 12.5 Å². The highest BCUT2D eigenvalue weighted by Crippen LogP contribution is 2.30. The minimum Gasteiger partial charge on any atom is -0.452 e. The van der Waals surface area contributed by atoms with Gasteiger partial charge in [-0.15, -0.1) is 0 Å². The molecule has 30 heavy (non-hydrogen) atoms. The molecule has 0 saturated heterocycles. The van der Waals surface area contributed by atoms with Crippen LogP contribution in [0.4, 0.5) is 0 Å². The fraction of sp³-hybridized carbons (Fsp3) is 0.458. The predicted octanol–water partition coefficient (Wildman–Crippen LogP) is 5.00. The quantitative estimate of drug-likeness (QED) is 0.278. The second-order valence-corrected chi connectivity index (χ2v) is 8.24. The number of carbonyl (C=O) groups is 1. The van der Waals surface area contributed by atoms with Gasteiger partial charge in [0.25, 0.3) is 0 Å². The summed E-state index contributed by atoms with van der Waals surface area (Å²) in [4.78, 5) is 15.7. The molecule has 6 heteroatoms. The average molecular weight is 412 g/mol. The highest BCUT2D eigenvalue weighted by molar-refractivity contribution is 6.18. The van der Waals surface area contributed by atoms with Crippen molar-refractivity contribution in [1.29, 1.82) is 0 Å². The van der Waals surface area contributed by atoms with Crippen molar-refractivity contribution < 1.29 is 14.3 Å². The summed E-state index contributed by atoms with van der Waals surface area (Å²) in [6.07, 6.45) is 1.01. The van der Waals surface area contributed by atoms with Crippen LogP contribution in [0.5, 0.6) is 0 Å². The molecule has 2 rings (SSSR count).